The molecule has 0 saturated carbocycles. The van der Waals surface area contributed by atoms with E-state index in [2.05, 4.69) is 9.97 Å². The molecule has 5 heteroatoms. The second kappa shape index (κ2) is 6.14. The number of rotatable bonds is 4. The number of anilines is 1. The Morgan fingerprint density at radius 2 is 2.00 bits per heavy atom. The molecule has 0 aliphatic carbocycles. The first-order valence-corrected chi connectivity index (χ1v) is 6.51. The summed E-state index contributed by atoms with van der Waals surface area (Å²) in [6.07, 6.45) is 4.18. The van der Waals surface area contributed by atoms with Crippen LogP contribution in [-0.2, 0) is 13.0 Å². The molecule has 2 aromatic heterocycles. The summed E-state index contributed by atoms with van der Waals surface area (Å²) in [7, 11) is 1.77. The van der Waals surface area contributed by atoms with Gasteiger partial charge < -0.3 is 10.6 Å². The number of nitrogens with zero attached hydrogens (tertiary/aromatic N) is 3. The molecule has 1 amide bonds. The zero-order valence-electron chi connectivity index (χ0n) is 11.7. The molecule has 0 aromatic carbocycles. The van der Waals surface area contributed by atoms with Crippen LogP contribution in [0.15, 0.2) is 36.7 Å². The van der Waals surface area contributed by atoms with E-state index in [-0.39, 0.29) is 5.91 Å². The van der Waals surface area contributed by atoms with E-state index in [4.69, 9.17) is 5.73 Å². The van der Waals surface area contributed by atoms with Crippen molar-refractivity contribution in [3.05, 3.63) is 53.5 Å². The van der Waals surface area contributed by atoms with Crippen LogP contribution in [0, 0.1) is 0 Å². The quantitative estimate of drug-likeness (QED) is 0.921. The van der Waals surface area contributed by atoms with Crippen molar-refractivity contribution < 1.29 is 4.79 Å². The molecule has 0 unspecified atom stereocenters. The molecule has 0 saturated heterocycles. The maximum Gasteiger partial charge on any atom is 0.254 e. The van der Waals surface area contributed by atoms with Crippen molar-refractivity contribution >= 4 is 11.7 Å². The summed E-state index contributed by atoms with van der Waals surface area (Å²) < 4.78 is 0. The van der Waals surface area contributed by atoms with Crippen LogP contribution in [0.2, 0.25) is 0 Å². The number of nitrogen functional groups attached to an aromatic ring is 1. The summed E-state index contributed by atoms with van der Waals surface area (Å²) in [6, 6.07) is 7.19. The highest BCUT2D eigenvalue weighted by Gasteiger charge is 2.13. The van der Waals surface area contributed by atoms with E-state index >= 15 is 0 Å². The van der Waals surface area contributed by atoms with Crippen LogP contribution in [0.1, 0.15) is 28.5 Å². The zero-order chi connectivity index (χ0) is 14.5. The molecule has 0 radical (unpaired) electrons. The Balaban J connectivity index is 2.16. The summed E-state index contributed by atoms with van der Waals surface area (Å²) in [5.41, 5.74) is 8.17. The molecule has 0 spiro atoms. The third-order valence-electron chi connectivity index (χ3n) is 3.02. The molecule has 0 fully saturated rings. The predicted octanol–water partition coefficient (Wildman–Crippen LogP) is 1.89. The molecule has 0 aliphatic heterocycles. The molecular weight excluding hydrogens is 252 g/mol. The number of amides is 1. The lowest BCUT2D eigenvalue weighted by molar-refractivity contribution is 0.0785. The Hall–Kier alpha value is -2.43. The molecule has 20 heavy (non-hydrogen) atoms. The molecule has 2 rings (SSSR count). The molecule has 2 N–H and O–H groups in total. The Bertz CT molecular complexity index is 598. The zero-order valence-corrected chi connectivity index (χ0v) is 11.7. The largest absolute Gasteiger partial charge is 0.384 e. The number of carbonyl (C=O) groups is 1. The SMILES string of the molecule is CCc1cc(C(=O)N(C)Cc2ccncc2)cc(N)n1. The first-order chi connectivity index (χ1) is 9.60. The lowest BCUT2D eigenvalue weighted by atomic mass is 10.1. The smallest absolute Gasteiger partial charge is 0.254 e. The monoisotopic (exact) mass is 270 g/mol. The van der Waals surface area contributed by atoms with Crippen LogP contribution in [0.5, 0.6) is 0 Å². The Morgan fingerprint density at radius 1 is 1.30 bits per heavy atom. The molecule has 0 atom stereocenters. The van der Waals surface area contributed by atoms with Gasteiger partial charge in [-0.05, 0) is 36.2 Å². The number of aryl methyl sites for hydroxylation is 1. The van der Waals surface area contributed by atoms with E-state index in [1.165, 1.54) is 0 Å². The van der Waals surface area contributed by atoms with Crippen molar-refractivity contribution in [2.45, 2.75) is 19.9 Å². The van der Waals surface area contributed by atoms with E-state index in [9.17, 15) is 4.79 Å². The second-order valence-corrected chi connectivity index (χ2v) is 4.64. The van der Waals surface area contributed by atoms with Gasteiger partial charge in [0.05, 0.1) is 0 Å². The number of carbonyl (C=O) groups excluding carboxylic acids is 1. The van der Waals surface area contributed by atoms with E-state index in [0.29, 0.717) is 17.9 Å². The average Bonchev–Trinajstić information content (AvgIpc) is 2.46. The van der Waals surface area contributed by atoms with Gasteiger partial charge in [0.15, 0.2) is 0 Å². The Labute approximate surface area is 118 Å². The van der Waals surface area contributed by atoms with Gasteiger partial charge in [-0.25, -0.2) is 4.98 Å². The lowest BCUT2D eigenvalue weighted by Gasteiger charge is -2.17. The summed E-state index contributed by atoms with van der Waals surface area (Å²) in [6.45, 7) is 2.52. The average molecular weight is 270 g/mol. The van der Waals surface area contributed by atoms with Crippen molar-refractivity contribution in [3.8, 4) is 0 Å². The third kappa shape index (κ3) is 3.32. The van der Waals surface area contributed by atoms with Crippen LogP contribution in [0.4, 0.5) is 5.82 Å². The van der Waals surface area contributed by atoms with Gasteiger partial charge >= 0.3 is 0 Å². The number of nitrogens with two attached hydrogens (primary N) is 1. The molecule has 0 bridgehead atoms. The van der Waals surface area contributed by atoms with Crippen LogP contribution < -0.4 is 5.73 Å². The van der Waals surface area contributed by atoms with Crippen LogP contribution in [0.25, 0.3) is 0 Å². The number of hydrogen-bond donors (Lipinski definition) is 1. The van der Waals surface area contributed by atoms with Crippen LogP contribution >= 0.6 is 0 Å². The molecule has 5 nitrogen and oxygen atoms in total. The molecule has 2 aromatic rings. The molecule has 104 valence electrons. The normalized spacial score (nSPS) is 10.3. The molecular formula is C15H18N4O. The van der Waals surface area contributed by atoms with Crippen molar-refractivity contribution in [1.29, 1.82) is 0 Å². The minimum Gasteiger partial charge on any atom is -0.384 e. The first-order valence-electron chi connectivity index (χ1n) is 6.51. The first kappa shape index (κ1) is 14.0. The van der Waals surface area contributed by atoms with Gasteiger partial charge in [0, 0.05) is 37.2 Å². The molecule has 2 heterocycles. The fourth-order valence-electron chi connectivity index (χ4n) is 1.97. The van der Waals surface area contributed by atoms with Gasteiger partial charge in [-0.15, -0.1) is 0 Å². The summed E-state index contributed by atoms with van der Waals surface area (Å²) in [5, 5.41) is 0. The highest BCUT2D eigenvalue weighted by atomic mass is 16.2. The minimum absolute atomic E-state index is 0.0642. The van der Waals surface area contributed by atoms with Gasteiger partial charge in [-0.2, -0.15) is 0 Å². The van der Waals surface area contributed by atoms with Crippen molar-refractivity contribution in [2.24, 2.45) is 0 Å². The minimum atomic E-state index is -0.0642. The van der Waals surface area contributed by atoms with E-state index in [1.54, 1.807) is 36.5 Å². The van der Waals surface area contributed by atoms with Gasteiger partial charge in [0.1, 0.15) is 5.82 Å². The number of aromatic nitrogens is 2. The highest BCUT2D eigenvalue weighted by Crippen LogP contribution is 2.12. The number of hydrogen-bond acceptors (Lipinski definition) is 4. The van der Waals surface area contributed by atoms with Crippen molar-refractivity contribution in [3.63, 3.8) is 0 Å². The van der Waals surface area contributed by atoms with Gasteiger partial charge in [0.2, 0.25) is 0 Å². The molecule has 0 aliphatic rings. The maximum absolute atomic E-state index is 12.4. The Kier molecular flexibility index (Phi) is 4.30. The topological polar surface area (TPSA) is 72.1 Å². The fraction of sp³-hybridized carbons (Fsp3) is 0.267. The van der Waals surface area contributed by atoms with E-state index in [0.717, 1.165) is 17.7 Å². The predicted molar refractivity (Wildman–Crippen MR) is 78.1 cm³/mol. The maximum atomic E-state index is 12.4. The summed E-state index contributed by atoms with van der Waals surface area (Å²) in [4.78, 5) is 22.2. The van der Waals surface area contributed by atoms with E-state index < -0.39 is 0 Å². The van der Waals surface area contributed by atoms with Crippen molar-refractivity contribution in [2.75, 3.05) is 12.8 Å². The standard InChI is InChI=1S/C15H18N4O/c1-3-13-8-12(9-14(16)18-13)15(20)19(2)10-11-4-6-17-7-5-11/h4-9H,3,10H2,1-2H3,(H2,16,18). The summed E-state index contributed by atoms with van der Waals surface area (Å²) in [5.74, 6) is 0.315. The van der Waals surface area contributed by atoms with Gasteiger partial charge in [-0.1, -0.05) is 6.92 Å². The van der Waals surface area contributed by atoms with Crippen LogP contribution in [0.3, 0.4) is 0 Å². The highest BCUT2D eigenvalue weighted by molar-refractivity contribution is 5.94. The van der Waals surface area contributed by atoms with Crippen LogP contribution in [-0.4, -0.2) is 27.8 Å². The van der Waals surface area contributed by atoms with Crippen molar-refractivity contribution in [1.82, 2.24) is 14.9 Å². The third-order valence-corrected chi connectivity index (χ3v) is 3.02. The summed E-state index contributed by atoms with van der Waals surface area (Å²) >= 11 is 0. The van der Waals surface area contributed by atoms with Gasteiger partial charge in [0.25, 0.3) is 5.91 Å². The lowest BCUT2D eigenvalue weighted by Crippen LogP contribution is -2.26. The fourth-order valence-corrected chi connectivity index (χ4v) is 1.97. The Morgan fingerprint density at radius 3 is 2.65 bits per heavy atom. The number of pyridine rings is 2. The van der Waals surface area contributed by atoms with E-state index in [1.807, 2.05) is 19.1 Å². The second-order valence-electron chi connectivity index (χ2n) is 4.64. The van der Waals surface area contributed by atoms with Gasteiger partial charge in [-0.3, -0.25) is 9.78 Å².